The van der Waals surface area contributed by atoms with Gasteiger partial charge in [0.25, 0.3) is 0 Å². The second-order valence-corrected chi connectivity index (χ2v) is 6.70. The Morgan fingerprint density at radius 1 is 1.05 bits per heavy atom. The van der Waals surface area contributed by atoms with Crippen molar-refractivity contribution in [3.63, 3.8) is 0 Å². The van der Waals surface area contributed by atoms with Crippen LogP contribution in [-0.2, 0) is 9.59 Å². The number of likely N-dealkylation sites (tertiary alicyclic amines) is 1. The van der Waals surface area contributed by atoms with Crippen molar-refractivity contribution in [2.24, 2.45) is 5.92 Å². The van der Waals surface area contributed by atoms with Crippen LogP contribution in [0.25, 0.3) is 0 Å². The summed E-state index contributed by atoms with van der Waals surface area (Å²) in [5, 5.41) is 8.98. The first-order chi connectivity index (χ1) is 10.6. The maximum Gasteiger partial charge on any atom is 0.317 e. The van der Waals surface area contributed by atoms with Crippen molar-refractivity contribution in [1.29, 1.82) is 0 Å². The fraction of sp³-hybridized carbons (Fsp3) is 0.882. The molecule has 126 valence electrons. The van der Waals surface area contributed by atoms with E-state index in [1.165, 1.54) is 25.7 Å². The van der Waals surface area contributed by atoms with E-state index < -0.39 is 5.97 Å². The first kappa shape index (κ1) is 17.3. The molecule has 1 aliphatic carbocycles. The summed E-state index contributed by atoms with van der Waals surface area (Å²) in [7, 11) is 0. The Hall–Kier alpha value is -1.10. The standard InChI is InChI=1S/C17H30N2O3/c1-2-18(13-16(20)21)15-9-11-19(12-10-15)17(22)14-7-5-3-4-6-8-14/h14-15H,2-13H2,1H3,(H,20,21). The Labute approximate surface area is 133 Å². The van der Waals surface area contributed by atoms with E-state index in [4.69, 9.17) is 5.11 Å². The van der Waals surface area contributed by atoms with Crippen LogP contribution in [0.1, 0.15) is 58.3 Å². The largest absolute Gasteiger partial charge is 0.480 e. The predicted octanol–water partition coefficient (Wildman–Crippen LogP) is 2.35. The molecule has 0 radical (unpaired) electrons. The zero-order valence-corrected chi connectivity index (χ0v) is 13.8. The van der Waals surface area contributed by atoms with Crippen LogP contribution in [0.5, 0.6) is 0 Å². The first-order valence-electron chi connectivity index (χ1n) is 8.86. The minimum atomic E-state index is -0.765. The van der Waals surface area contributed by atoms with Gasteiger partial charge >= 0.3 is 5.97 Å². The fourth-order valence-electron chi connectivity index (χ4n) is 3.91. The molecule has 0 bridgehead atoms. The van der Waals surface area contributed by atoms with Crippen molar-refractivity contribution in [1.82, 2.24) is 9.80 Å². The van der Waals surface area contributed by atoms with Crippen molar-refractivity contribution >= 4 is 11.9 Å². The molecule has 5 heteroatoms. The Morgan fingerprint density at radius 2 is 1.64 bits per heavy atom. The predicted molar refractivity (Wildman–Crippen MR) is 85.7 cm³/mol. The third kappa shape index (κ3) is 4.70. The summed E-state index contributed by atoms with van der Waals surface area (Å²) >= 11 is 0. The van der Waals surface area contributed by atoms with Crippen molar-refractivity contribution < 1.29 is 14.7 Å². The number of carboxylic acid groups (broad SMARTS) is 1. The lowest BCUT2D eigenvalue weighted by atomic mass is 9.96. The zero-order valence-electron chi connectivity index (χ0n) is 13.8. The van der Waals surface area contributed by atoms with Crippen LogP contribution in [-0.4, -0.2) is 59.0 Å². The second kappa shape index (κ2) is 8.51. The van der Waals surface area contributed by atoms with Gasteiger partial charge in [0.1, 0.15) is 0 Å². The van der Waals surface area contributed by atoms with Crippen LogP contribution in [0.2, 0.25) is 0 Å². The zero-order chi connectivity index (χ0) is 15.9. The van der Waals surface area contributed by atoms with Gasteiger partial charge in [0, 0.05) is 25.0 Å². The maximum absolute atomic E-state index is 12.6. The molecular weight excluding hydrogens is 280 g/mol. The highest BCUT2D eigenvalue weighted by Crippen LogP contribution is 2.26. The van der Waals surface area contributed by atoms with E-state index in [0.29, 0.717) is 11.9 Å². The van der Waals surface area contributed by atoms with Gasteiger partial charge in [-0.25, -0.2) is 0 Å². The quantitative estimate of drug-likeness (QED) is 0.792. The molecule has 0 atom stereocenters. The number of likely N-dealkylation sites (N-methyl/N-ethyl adjacent to an activating group) is 1. The number of hydrogen-bond donors (Lipinski definition) is 1. The van der Waals surface area contributed by atoms with Crippen LogP contribution in [0.15, 0.2) is 0 Å². The lowest BCUT2D eigenvalue weighted by molar-refractivity contribution is -0.141. The molecule has 1 heterocycles. The van der Waals surface area contributed by atoms with Gasteiger partial charge in [0.05, 0.1) is 6.54 Å². The number of rotatable bonds is 5. The topological polar surface area (TPSA) is 60.9 Å². The molecule has 1 saturated heterocycles. The molecule has 0 unspecified atom stereocenters. The van der Waals surface area contributed by atoms with E-state index in [-0.39, 0.29) is 12.5 Å². The number of carbonyl (C=O) groups is 2. The summed E-state index contributed by atoms with van der Waals surface area (Å²) in [4.78, 5) is 27.6. The normalized spacial score (nSPS) is 21.8. The summed E-state index contributed by atoms with van der Waals surface area (Å²) in [5.41, 5.74) is 0. The average Bonchev–Trinajstić information content (AvgIpc) is 2.81. The number of carboxylic acids is 1. The van der Waals surface area contributed by atoms with Gasteiger partial charge in [-0.3, -0.25) is 14.5 Å². The van der Waals surface area contributed by atoms with Gasteiger partial charge in [-0.15, -0.1) is 0 Å². The van der Waals surface area contributed by atoms with E-state index in [1.54, 1.807) is 0 Å². The number of piperidine rings is 1. The van der Waals surface area contributed by atoms with Crippen LogP contribution >= 0.6 is 0 Å². The van der Waals surface area contributed by atoms with Crippen molar-refractivity contribution in [3.8, 4) is 0 Å². The molecule has 1 aliphatic heterocycles. The summed E-state index contributed by atoms with van der Waals surface area (Å²) in [5.74, 6) is -0.180. The third-order valence-electron chi connectivity index (χ3n) is 5.24. The first-order valence-corrected chi connectivity index (χ1v) is 8.86. The van der Waals surface area contributed by atoms with E-state index in [1.807, 2.05) is 16.7 Å². The molecule has 2 rings (SSSR count). The highest BCUT2D eigenvalue weighted by molar-refractivity contribution is 5.79. The minimum absolute atomic E-state index is 0.109. The molecule has 22 heavy (non-hydrogen) atoms. The van der Waals surface area contributed by atoms with Gasteiger partial charge in [-0.2, -0.15) is 0 Å². The number of carbonyl (C=O) groups excluding carboxylic acids is 1. The third-order valence-corrected chi connectivity index (χ3v) is 5.24. The summed E-state index contributed by atoms with van der Waals surface area (Å²) in [6, 6.07) is 0.305. The van der Waals surface area contributed by atoms with Crippen LogP contribution < -0.4 is 0 Å². The molecule has 1 N–H and O–H groups in total. The van der Waals surface area contributed by atoms with E-state index in [0.717, 1.165) is 45.3 Å². The van der Waals surface area contributed by atoms with Gasteiger partial charge in [0.15, 0.2) is 0 Å². The monoisotopic (exact) mass is 310 g/mol. The Bertz CT molecular complexity index is 370. The molecule has 2 aliphatic rings. The van der Waals surface area contributed by atoms with Crippen molar-refractivity contribution in [2.75, 3.05) is 26.2 Å². The number of aliphatic carboxylic acids is 1. The number of amides is 1. The lowest BCUT2D eigenvalue weighted by Crippen LogP contribution is -2.49. The average molecular weight is 310 g/mol. The molecule has 0 aromatic heterocycles. The second-order valence-electron chi connectivity index (χ2n) is 6.70. The number of nitrogens with zero attached hydrogens (tertiary/aromatic N) is 2. The van der Waals surface area contributed by atoms with Crippen molar-refractivity contribution in [2.45, 2.75) is 64.3 Å². The highest BCUT2D eigenvalue weighted by Gasteiger charge is 2.30. The van der Waals surface area contributed by atoms with Gasteiger partial charge < -0.3 is 10.0 Å². The molecular formula is C17H30N2O3. The van der Waals surface area contributed by atoms with Crippen molar-refractivity contribution in [3.05, 3.63) is 0 Å². The maximum atomic E-state index is 12.6. The number of hydrogen-bond acceptors (Lipinski definition) is 3. The molecule has 0 aromatic rings. The van der Waals surface area contributed by atoms with Crippen LogP contribution in [0.3, 0.4) is 0 Å². The van der Waals surface area contributed by atoms with Crippen LogP contribution in [0.4, 0.5) is 0 Å². The Kier molecular flexibility index (Phi) is 6.68. The molecule has 5 nitrogen and oxygen atoms in total. The van der Waals surface area contributed by atoms with Gasteiger partial charge in [0.2, 0.25) is 5.91 Å². The van der Waals surface area contributed by atoms with Crippen LogP contribution in [0, 0.1) is 5.92 Å². The van der Waals surface area contributed by atoms with Gasteiger partial charge in [-0.05, 0) is 32.2 Å². The summed E-state index contributed by atoms with van der Waals surface area (Å²) in [6.07, 6.45) is 8.83. The van der Waals surface area contributed by atoms with E-state index >= 15 is 0 Å². The SMILES string of the molecule is CCN(CC(=O)O)C1CCN(C(=O)C2CCCCCC2)CC1. The fourth-order valence-corrected chi connectivity index (χ4v) is 3.91. The summed E-state index contributed by atoms with van der Waals surface area (Å²) < 4.78 is 0. The van der Waals surface area contributed by atoms with E-state index in [9.17, 15) is 9.59 Å². The smallest absolute Gasteiger partial charge is 0.317 e. The minimum Gasteiger partial charge on any atom is -0.480 e. The van der Waals surface area contributed by atoms with Gasteiger partial charge in [-0.1, -0.05) is 32.6 Å². The summed E-state index contributed by atoms with van der Waals surface area (Å²) in [6.45, 7) is 4.45. The molecule has 0 spiro atoms. The Balaban J connectivity index is 1.82. The Morgan fingerprint density at radius 3 is 2.14 bits per heavy atom. The molecule has 1 amide bonds. The molecule has 2 fully saturated rings. The van der Waals surface area contributed by atoms with E-state index in [2.05, 4.69) is 0 Å². The molecule has 0 aromatic carbocycles. The molecule has 1 saturated carbocycles. The lowest BCUT2D eigenvalue weighted by Gasteiger charge is -2.38. The highest BCUT2D eigenvalue weighted by atomic mass is 16.4.